The highest BCUT2D eigenvalue weighted by atomic mass is 32.1. The highest BCUT2D eigenvalue weighted by Gasteiger charge is 2.10. The molecule has 0 aliphatic heterocycles. The summed E-state index contributed by atoms with van der Waals surface area (Å²) < 4.78 is 2.20. The van der Waals surface area contributed by atoms with Crippen molar-refractivity contribution in [1.82, 2.24) is 9.97 Å². The van der Waals surface area contributed by atoms with E-state index in [1.807, 2.05) is 12.1 Å². The van der Waals surface area contributed by atoms with Gasteiger partial charge in [-0.15, -0.1) is 0 Å². The third kappa shape index (κ3) is 1.24. The summed E-state index contributed by atoms with van der Waals surface area (Å²) in [5.74, 6) is 0. The average Bonchev–Trinajstić information content (AvgIpc) is 2.89. The number of nitrogens with two attached hydrogens (primary N) is 2. The van der Waals surface area contributed by atoms with E-state index >= 15 is 0 Å². The first-order valence-corrected chi connectivity index (χ1v) is 6.99. The number of aromatic nitrogens is 2. The molecule has 0 atom stereocenters. The number of rotatable bonds is 0. The Balaban J connectivity index is 2.29. The maximum absolute atomic E-state index is 5.77. The quantitative estimate of drug-likeness (QED) is 0.515. The topological polar surface area (TPSA) is 77.8 Å². The van der Waals surface area contributed by atoms with E-state index < -0.39 is 0 Å². The summed E-state index contributed by atoms with van der Waals surface area (Å²) in [5.41, 5.74) is 13.4. The van der Waals surface area contributed by atoms with Gasteiger partial charge in [0, 0.05) is 10.8 Å². The van der Waals surface area contributed by atoms with E-state index in [2.05, 4.69) is 22.1 Å². The minimum Gasteiger partial charge on any atom is -0.375 e. The van der Waals surface area contributed by atoms with Crippen LogP contribution >= 0.6 is 22.7 Å². The number of hydrogen-bond acceptors (Lipinski definition) is 6. The number of fused-ring (bicyclic) bond motifs is 5. The van der Waals surface area contributed by atoms with Crippen molar-refractivity contribution in [1.29, 1.82) is 0 Å². The molecule has 2 heterocycles. The van der Waals surface area contributed by atoms with Crippen LogP contribution in [0.3, 0.4) is 0 Å². The summed E-state index contributed by atoms with van der Waals surface area (Å²) in [6, 6.07) is 8.22. The molecular formula is C12H8N4S2. The number of hydrogen-bond donors (Lipinski definition) is 2. The fraction of sp³-hybridized carbons (Fsp3) is 0. The molecule has 0 fully saturated rings. The predicted octanol–water partition coefficient (Wildman–Crippen LogP) is 3.22. The van der Waals surface area contributed by atoms with Gasteiger partial charge in [0.2, 0.25) is 0 Å². The molecule has 0 amide bonds. The van der Waals surface area contributed by atoms with Crippen molar-refractivity contribution in [3.63, 3.8) is 0 Å². The van der Waals surface area contributed by atoms with Gasteiger partial charge in [0.1, 0.15) is 0 Å². The van der Waals surface area contributed by atoms with E-state index in [9.17, 15) is 0 Å². The van der Waals surface area contributed by atoms with Crippen molar-refractivity contribution in [2.75, 3.05) is 11.5 Å². The Morgan fingerprint density at radius 2 is 1.17 bits per heavy atom. The lowest BCUT2D eigenvalue weighted by molar-refractivity contribution is 1.50. The third-order valence-corrected chi connectivity index (χ3v) is 4.64. The summed E-state index contributed by atoms with van der Waals surface area (Å²) >= 11 is 3.00. The number of thiazole rings is 2. The van der Waals surface area contributed by atoms with Crippen LogP contribution < -0.4 is 11.5 Å². The van der Waals surface area contributed by atoms with Gasteiger partial charge in [-0.1, -0.05) is 34.8 Å². The highest BCUT2D eigenvalue weighted by Crippen LogP contribution is 2.35. The molecule has 0 saturated heterocycles. The molecule has 0 aliphatic carbocycles. The number of anilines is 2. The van der Waals surface area contributed by atoms with E-state index in [-0.39, 0.29) is 0 Å². The molecule has 4 rings (SSSR count). The molecule has 0 spiro atoms. The van der Waals surface area contributed by atoms with Crippen molar-refractivity contribution in [2.24, 2.45) is 0 Å². The van der Waals surface area contributed by atoms with Crippen LogP contribution in [0.5, 0.6) is 0 Å². The van der Waals surface area contributed by atoms with Crippen LogP contribution in [-0.4, -0.2) is 9.97 Å². The Morgan fingerprint density at radius 3 is 1.61 bits per heavy atom. The van der Waals surface area contributed by atoms with Gasteiger partial charge in [0.05, 0.1) is 20.4 Å². The molecule has 0 aliphatic rings. The summed E-state index contributed by atoms with van der Waals surface area (Å²) in [6.07, 6.45) is 0. The minimum atomic E-state index is 0.593. The summed E-state index contributed by atoms with van der Waals surface area (Å²) in [6.45, 7) is 0. The van der Waals surface area contributed by atoms with Crippen LogP contribution in [0.25, 0.3) is 31.2 Å². The molecule has 2 aromatic carbocycles. The van der Waals surface area contributed by atoms with Gasteiger partial charge in [0.25, 0.3) is 0 Å². The van der Waals surface area contributed by atoms with E-state index in [1.165, 1.54) is 22.7 Å². The summed E-state index contributed by atoms with van der Waals surface area (Å²) in [5, 5.41) is 3.35. The molecule has 0 radical (unpaired) electrons. The Bertz CT molecular complexity index is 831. The van der Waals surface area contributed by atoms with Gasteiger partial charge in [-0.25, -0.2) is 9.97 Å². The molecule has 4 nitrogen and oxygen atoms in total. The second-order valence-corrected chi connectivity index (χ2v) is 6.15. The highest BCUT2D eigenvalue weighted by molar-refractivity contribution is 7.22. The minimum absolute atomic E-state index is 0.593. The van der Waals surface area contributed by atoms with Gasteiger partial charge in [-0.2, -0.15) is 0 Å². The fourth-order valence-electron chi connectivity index (χ4n) is 2.22. The number of nitrogen functional groups attached to an aromatic ring is 2. The monoisotopic (exact) mass is 272 g/mol. The molecule has 88 valence electrons. The first-order valence-electron chi connectivity index (χ1n) is 5.36. The summed E-state index contributed by atoms with van der Waals surface area (Å²) in [4.78, 5) is 8.79. The van der Waals surface area contributed by atoms with Gasteiger partial charge in [-0.3, -0.25) is 0 Å². The molecule has 0 saturated carbocycles. The van der Waals surface area contributed by atoms with Gasteiger partial charge in [-0.05, 0) is 12.1 Å². The van der Waals surface area contributed by atoms with Crippen LogP contribution in [0, 0.1) is 0 Å². The zero-order valence-electron chi connectivity index (χ0n) is 9.18. The van der Waals surface area contributed by atoms with Crippen LogP contribution in [0.1, 0.15) is 0 Å². The maximum Gasteiger partial charge on any atom is 0.181 e. The zero-order chi connectivity index (χ0) is 12.3. The zero-order valence-corrected chi connectivity index (χ0v) is 10.8. The predicted molar refractivity (Wildman–Crippen MR) is 79.1 cm³/mol. The second kappa shape index (κ2) is 3.30. The lowest BCUT2D eigenvalue weighted by atomic mass is 10.1. The number of benzene rings is 2. The molecule has 0 unspecified atom stereocenters. The van der Waals surface area contributed by atoms with E-state index in [0.29, 0.717) is 10.3 Å². The molecule has 2 aromatic heterocycles. The van der Waals surface area contributed by atoms with Crippen molar-refractivity contribution in [3.05, 3.63) is 24.3 Å². The van der Waals surface area contributed by atoms with Crippen LogP contribution in [-0.2, 0) is 0 Å². The number of nitrogens with zero attached hydrogens (tertiary/aromatic N) is 2. The Morgan fingerprint density at radius 1 is 0.722 bits per heavy atom. The van der Waals surface area contributed by atoms with Gasteiger partial charge < -0.3 is 11.5 Å². The van der Waals surface area contributed by atoms with E-state index in [1.54, 1.807) is 0 Å². The van der Waals surface area contributed by atoms with Gasteiger partial charge >= 0.3 is 0 Å². The first-order chi connectivity index (χ1) is 8.72. The fourth-order valence-corrected chi connectivity index (χ4v) is 3.72. The standard InChI is InChI=1S/C12H8N4S2/c13-11-15-9-5-1-3-7-10(16-12(14)17-7)6(5)2-4-8(9)18-11/h1-4H,(H2,13,15)(H2,14,16). The first kappa shape index (κ1) is 10.0. The van der Waals surface area contributed by atoms with Crippen molar-refractivity contribution < 1.29 is 0 Å². The lowest BCUT2D eigenvalue weighted by Gasteiger charge is -1.99. The molecule has 18 heavy (non-hydrogen) atoms. The lowest BCUT2D eigenvalue weighted by Crippen LogP contribution is -1.82. The maximum atomic E-state index is 5.77. The normalized spacial score (nSPS) is 11.8. The summed E-state index contributed by atoms with van der Waals surface area (Å²) in [7, 11) is 0. The molecular weight excluding hydrogens is 264 g/mol. The largest absolute Gasteiger partial charge is 0.375 e. The smallest absolute Gasteiger partial charge is 0.181 e. The van der Waals surface area contributed by atoms with E-state index in [0.717, 1.165) is 31.2 Å². The van der Waals surface area contributed by atoms with Crippen molar-refractivity contribution >= 4 is 64.1 Å². The van der Waals surface area contributed by atoms with Gasteiger partial charge in [0.15, 0.2) is 10.3 Å². The van der Waals surface area contributed by atoms with Crippen molar-refractivity contribution in [2.45, 2.75) is 0 Å². The van der Waals surface area contributed by atoms with Crippen molar-refractivity contribution in [3.8, 4) is 0 Å². The Kier molecular flexibility index (Phi) is 1.84. The molecule has 4 N–H and O–H groups in total. The van der Waals surface area contributed by atoms with E-state index in [4.69, 9.17) is 11.5 Å². The molecule has 6 heteroatoms. The van der Waals surface area contributed by atoms with Crippen LogP contribution in [0.15, 0.2) is 24.3 Å². The van der Waals surface area contributed by atoms with Crippen LogP contribution in [0.2, 0.25) is 0 Å². The Labute approximate surface area is 110 Å². The second-order valence-electron chi connectivity index (χ2n) is 4.02. The SMILES string of the molecule is Nc1nc2c(ccc3c2ccc2sc(N)nc23)s1. The van der Waals surface area contributed by atoms with Crippen LogP contribution in [0.4, 0.5) is 10.3 Å². The Hall–Kier alpha value is -1.92. The molecule has 0 bridgehead atoms. The third-order valence-electron chi connectivity index (χ3n) is 2.94. The average molecular weight is 272 g/mol. The molecule has 4 aromatic rings.